The molecule has 0 bridgehead atoms. The van der Waals surface area contributed by atoms with Gasteiger partial charge in [-0.25, -0.2) is 13.4 Å². The highest BCUT2D eigenvalue weighted by Gasteiger charge is 2.33. The molecular weight excluding hydrogens is 451 g/mol. The maximum absolute atomic E-state index is 12.8. The summed E-state index contributed by atoms with van der Waals surface area (Å²) in [6.45, 7) is 0. The van der Waals surface area contributed by atoms with Crippen LogP contribution in [0.15, 0.2) is 18.2 Å². The topological polar surface area (TPSA) is 94.6 Å². The molecule has 1 aromatic heterocycles. The van der Waals surface area contributed by atoms with Gasteiger partial charge < -0.3 is 0 Å². The number of amides is 1. The van der Waals surface area contributed by atoms with Crippen LogP contribution in [0.3, 0.4) is 0 Å². The molecule has 8 nitrogen and oxygen atoms in total. The minimum atomic E-state index is -4.65. The molecule has 1 aromatic rings. The summed E-state index contributed by atoms with van der Waals surface area (Å²) in [7, 11) is -1.35. The van der Waals surface area contributed by atoms with Crippen LogP contribution in [-0.2, 0) is 21.0 Å². The van der Waals surface area contributed by atoms with Gasteiger partial charge in [0.15, 0.2) is 0 Å². The van der Waals surface area contributed by atoms with Crippen LogP contribution in [-0.4, -0.2) is 59.2 Å². The second-order valence-electron chi connectivity index (χ2n) is 6.33. The molecule has 0 atom stereocenters. The Morgan fingerprint density at radius 3 is 2.41 bits per heavy atom. The standard InChI is InChI=1S/C15H18F3N5O3S3/c1-22(14(28)10-4-3-5-11(19-10)15(16,17)18)20-12(24)8-29(25,26)21-23(2)13(27)9-6-7-9/h3-5,9,21H,6-8H2,1-2H3,(H,20,24). The molecule has 0 unspecified atom stereocenters. The number of hydrogen-bond acceptors (Lipinski definition) is 6. The van der Waals surface area contributed by atoms with E-state index in [2.05, 4.69) is 15.2 Å². The molecule has 1 aliphatic carbocycles. The monoisotopic (exact) mass is 469 g/mol. The molecule has 1 saturated carbocycles. The number of pyridine rings is 1. The van der Waals surface area contributed by atoms with Crippen LogP contribution in [0.25, 0.3) is 0 Å². The minimum absolute atomic E-state index is 0.148. The van der Waals surface area contributed by atoms with Crippen LogP contribution < -0.4 is 10.3 Å². The van der Waals surface area contributed by atoms with Gasteiger partial charge in [-0.3, -0.25) is 20.2 Å². The van der Waals surface area contributed by atoms with Crippen molar-refractivity contribution in [3.63, 3.8) is 0 Å². The maximum Gasteiger partial charge on any atom is 0.433 e. The van der Waals surface area contributed by atoms with Crippen molar-refractivity contribution < 1.29 is 26.4 Å². The summed E-state index contributed by atoms with van der Waals surface area (Å²) in [6.07, 6.45) is -2.88. The van der Waals surface area contributed by atoms with Gasteiger partial charge in [-0.05, 0) is 25.0 Å². The Morgan fingerprint density at radius 1 is 1.24 bits per heavy atom. The van der Waals surface area contributed by atoms with E-state index in [0.717, 1.165) is 30.0 Å². The summed E-state index contributed by atoms with van der Waals surface area (Å²) in [4.78, 5) is 17.9. The molecule has 2 N–H and O–H groups in total. The van der Waals surface area contributed by atoms with Gasteiger partial charge in [0.1, 0.15) is 16.4 Å². The number of nitrogens with zero attached hydrogens (tertiary/aromatic N) is 3. The summed E-state index contributed by atoms with van der Waals surface area (Å²) in [5.74, 6) is -1.73. The summed E-state index contributed by atoms with van der Waals surface area (Å²) < 4.78 is 62.5. The Kier molecular flexibility index (Phi) is 7.14. The van der Waals surface area contributed by atoms with Crippen molar-refractivity contribution >= 4 is 50.3 Å². The first kappa shape index (κ1) is 23.4. The Balaban J connectivity index is 1.95. The lowest BCUT2D eigenvalue weighted by Gasteiger charge is -2.23. The second kappa shape index (κ2) is 8.85. The Morgan fingerprint density at radius 2 is 1.86 bits per heavy atom. The van der Waals surface area contributed by atoms with Gasteiger partial charge in [0.05, 0.1) is 10.7 Å². The molecule has 160 valence electrons. The first-order chi connectivity index (χ1) is 13.3. The highest BCUT2D eigenvalue weighted by Crippen LogP contribution is 2.31. The van der Waals surface area contributed by atoms with E-state index in [4.69, 9.17) is 24.4 Å². The van der Waals surface area contributed by atoms with Gasteiger partial charge in [-0.2, -0.15) is 13.2 Å². The van der Waals surface area contributed by atoms with E-state index in [1.807, 2.05) is 0 Å². The molecule has 1 amide bonds. The number of halogens is 3. The Hall–Kier alpha value is -1.90. The molecule has 1 heterocycles. The van der Waals surface area contributed by atoms with Crippen LogP contribution in [0.1, 0.15) is 24.2 Å². The zero-order chi connectivity index (χ0) is 22.0. The van der Waals surface area contributed by atoms with E-state index in [1.165, 1.54) is 25.2 Å². The highest BCUT2D eigenvalue weighted by atomic mass is 32.2. The molecule has 0 radical (unpaired) electrons. The van der Waals surface area contributed by atoms with Gasteiger partial charge in [0.25, 0.3) is 5.91 Å². The molecule has 0 aliphatic heterocycles. The molecule has 0 saturated heterocycles. The summed E-state index contributed by atoms with van der Waals surface area (Å²) in [6, 6.07) is 3.15. The molecule has 29 heavy (non-hydrogen) atoms. The zero-order valence-corrected chi connectivity index (χ0v) is 17.8. The fourth-order valence-corrected chi connectivity index (χ4v) is 3.70. The van der Waals surface area contributed by atoms with Gasteiger partial charge in [0, 0.05) is 20.0 Å². The quantitative estimate of drug-likeness (QED) is 0.475. The van der Waals surface area contributed by atoms with Crippen molar-refractivity contribution in [1.29, 1.82) is 0 Å². The second-order valence-corrected chi connectivity index (χ2v) is 8.83. The van der Waals surface area contributed by atoms with Crippen molar-refractivity contribution in [2.45, 2.75) is 19.0 Å². The first-order valence-electron chi connectivity index (χ1n) is 8.19. The fourth-order valence-electron chi connectivity index (χ4n) is 2.22. The lowest BCUT2D eigenvalue weighted by molar-refractivity contribution is -0.141. The Bertz CT molecular complexity index is 919. The van der Waals surface area contributed by atoms with E-state index >= 15 is 0 Å². The normalized spacial score (nSPS) is 14.2. The largest absolute Gasteiger partial charge is 0.433 e. The van der Waals surface area contributed by atoms with Gasteiger partial charge in [-0.1, -0.05) is 30.5 Å². The lowest BCUT2D eigenvalue weighted by Crippen LogP contribution is -2.49. The van der Waals surface area contributed by atoms with E-state index in [-0.39, 0.29) is 16.6 Å². The number of hydrazine groups is 2. The van der Waals surface area contributed by atoms with Crippen molar-refractivity contribution in [1.82, 2.24) is 25.3 Å². The number of rotatable bonds is 6. The zero-order valence-electron chi connectivity index (χ0n) is 15.4. The third kappa shape index (κ3) is 6.83. The number of thiocarbonyl (C=S) groups is 2. The molecule has 0 spiro atoms. The molecule has 2 rings (SSSR count). The van der Waals surface area contributed by atoms with Crippen LogP contribution in [0.4, 0.5) is 13.2 Å². The van der Waals surface area contributed by atoms with Crippen LogP contribution >= 0.6 is 24.4 Å². The highest BCUT2D eigenvalue weighted by molar-refractivity contribution is 7.90. The van der Waals surface area contributed by atoms with Gasteiger partial charge in [-0.15, -0.1) is 4.83 Å². The van der Waals surface area contributed by atoms with Crippen LogP contribution in [0.2, 0.25) is 0 Å². The van der Waals surface area contributed by atoms with E-state index in [9.17, 15) is 26.4 Å². The number of carbonyl (C=O) groups is 1. The van der Waals surface area contributed by atoms with Crippen LogP contribution in [0.5, 0.6) is 0 Å². The molecule has 0 aromatic carbocycles. The SMILES string of the molecule is CN(NC(=O)CS(=O)(=O)NN(C)C(=S)C1CC1)C(=S)c1cccc(C(F)(F)F)n1. The number of sulfonamides is 1. The first-order valence-corrected chi connectivity index (χ1v) is 10.7. The third-order valence-electron chi connectivity index (χ3n) is 3.71. The number of alkyl halides is 3. The predicted molar refractivity (Wildman–Crippen MR) is 107 cm³/mol. The fraction of sp³-hybridized carbons (Fsp3) is 0.467. The number of aromatic nitrogens is 1. The molecule has 1 fully saturated rings. The molecule has 1 aliphatic rings. The Labute approximate surface area is 176 Å². The van der Waals surface area contributed by atoms with Crippen LogP contribution in [0, 0.1) is 5.92 Å². The maximum atomic E-state index is 12.8. The number of nitrogens with one attached hydrogen (secondary N) is 2. The van der Waals surface area contributed by atoms with Crippen molar-refractivity contribution in [3.8, 4) is 0 Å². The summed E-state index contributed by atoms with van der Waals surface area (Å²) in [5, 5.41) is 2.10. The number of hydrogen-bond donors (Lipinski definition) is 2. The average molecular weight is 470 g/mol. The van der Waals surface area contributed by atoms with Crippen molar-refractivity contribution in [2.24, 2.45) is 5.92 Å². The van der Waals surface area contributed by atoms with E-state index in [1.54, 1.807) is 0 Å². The van der Waals surface area contributed by atoms with Crippen molar-refractivity contribution in [2.75, 3.05) is 19.8 Å². The van der Waals surface area contributed by atoms with E-state index in [0.29, 0.717) is 4.99 Å². The van der Waals surface area contributed by atoms with Gasteiger partial charge in [0.2, 0.25) is 10.0 Å². The number of carbonyl (C=O) groups excluding carboxylic acids is 1. The molecule has 14 heteroatoms. The molecular formula is C15H18F3N5O3S3. The average Bonchev–Trinajstić information content (AvgIpc) is 3.43. The lowest BCUT2D eigenvalue weighted by atomic mass is 10.3. The summed E-state index contributed by atoms with van der Waals surface area (Å²) in [5.41, 5.74) is 0.850. The van der Waals surface area contributed by atoms with E-state index < -0.39 is 33.6 Å². The van der Waals surface area contributed by atoms with Crippen molar-refractivity contribution in [3.05, 3.63) is 29.6 Å². The third-order valence-corrected chi connectivity index (χ3v) is 5.99. The van der Waals surface area contributed by atoms with Gasteiger partial charge >= 0.3 is 6.18 Å². The summed E-state index contributed by atoms with van der Waals surface area (Å²) >= 11 is 10.1. The predicted octanol–water partition coefficient (Wildman–Crippen LogP) is 1.24. The smallest absolute Gasteiger partial charge is 0.291 e. The minimum Gasteiger partial charge on any atom is -0.291 e.